The fourth-order valence-corrected chi connectivity index (χ4v) is 2.95. The van der Waals surface area contributed by atoms with Crippen molar-refractivity contribution in [1.82, 2.24) is 9.80 Å². The van der Waals surface area contributed by atoms with Crippen molar-refractivity contribution < 1.29 is 4.79 Å². The molecule has 0 aromatic carbocycles. The van der Waals surface area contributed by atoms with Crippen LogP contribution >= 0.6 is 0 Å². The molecule has 0 saturated carbocycles. The van der Waals surface area contributed by atoms with E-state index in [1.807, 2.05) is 0 Å². The Hall–Kier alpha value is -1.01. The zero-order valence-electron chi connectivity index (χ0n) is 11.5. The third kappa shape index (κ3) is 3.74. The van der Waals surface area contributed by atoms with Gasteiger partial charge in [0.05, 0.1) is 6.54 Å². The monoisotopic (exact) mass is 248 g/mol. The third-order valence-electron chi connectivity index (χ3n) is 3.86. The molecule has 2 heterocycles. The summed E-state index contributed by atoms with van der Waals surface area (Å²) in [6.45, 7) is 7.22. The number of hydrogen-bond acceptors (Lipinski definition) is 2. The molecule has 3 nitrogen and oxygen atoms in total. The van der Waals surface area contributed by atoms with E-state index in [0.29, 0.717) is 11.8 Å². The van der Waals surface area contributed by atoms with Crippen LogP contribution in [-0.4, -0.2) is 48.4 Å². The molecule has 0 aromatic rings. The van der Waals surface area contributed by atoms with E-state index in [4.69, 9.17) is 0 Å². The Labute approximate surface area is 111 Å². The smallest absolute Gasteiger partial charge is 0.222 e. The predicted octanol–water partition coefficient (Wildman–Crippen LogP) is 1.73. The normalized spacial score (nSPS) is 25.1. The molecule has 18 heavy (non-hydrogen) atoms. The Morgan fingerprint density at radius 2 is 2.17 bits per heavy atom. The van der Waals surface area contributed by atoms with Crippen LogP contribution in [0.2, 0.25) is 0 Å². The Morgan fingerprint density at radius 1 is 1.28 bits per heavy atom. The fraction of sp³-hybridized carbons (Fsp3) is 0.800. The van der Waals surface area contributed by atoms with E-state index >= 15 is 0 Å². The lowest BCUT2D eigenvalue weighted by Gasteiger charge is -2.33. The standard InChI is InChI=1S/C15H24N2O/c1-2-3-4-9-16-10-5-7-14(12-16)13-17-11-6-8-15(17)18/h14H,2,5-13H2,1H3. The summed E-state index contributed by atoms with van der Waals surface area (Å²) in [5, 5.41) is 0. The largest absolute Gasteiger partial charge is 0.342 e. The zero-order valence-corrected chi connectivity index (χ0v) is 11.5. The van der Waals surface area contributed by atoms with Crippen LogP contribution in [0.5, 0.6) is 0 Å². The molecular formula is C15H24N2O. The second-order valence-electron chi connectivity index (χ2n) is 5.39. The van der Waals surface area contributed by atoms with E-state index in [-0.39, 0.29) is 0 Å². The number of nitrogens with zero attached hydrogens (tertiary/aromatic N) is 2. The molecule has 0 aromatic heterocycles. The molecule has 2 rings (SSSR count). The average molecular weight is 248 g/mol. The first-order chi connectivity index (χ1) is 8.79. The molecule has 1 atom stereocenters. The van der Waals surface area contributed by atoms with Crippen molar-refractivity contribution in [3.05, 3.63) is 0 Å². The van der Waals surface area contributed by atoms with Gasteiger partial charge in [0.15, 0.2) is 0 Å². The van der Waals surface area contributed by atoms with Gasteiger partial charge in [0, 0.05) is 32.5 Å². The lowest BCUT2D eigenvalue weighted by Crippen LogP contribution is -2.41. The summed E-state index contributed by atoms with van der Waals surface area (Å²) in [7, 11) is 0. The first-order valence-corrected chi connectivity index (χ1v) is 7.25. The van der Waals surface area contributed by atoms with Crippen LogP contribution in [0.15, 0.2) is 0 Å². The highest BCUT2D eigenvalue weighted by atomic mass is 16.2. The third-order valence-corrected chi connectivity index (χ3v) is 3.86. The molecule has 2 aliphatic rings. The Bertz CT molecular complexity index is 342. The summed E-state index contributed by atoms with van der Waals surface area (Å²) in [5.74, 6) is 7.37. The van der Waals surface area contributed by atoms with Crippen LogP contribution in [0, 0.1) is 17.8 Å². The molecule has 2 fully saturated rings. The highest BCUT2D eigenvalue weighted by Gasteiger charge is 2.26. The SMILES string of the molecule is CCC#CCN1CCCC(CN2CCCC2=O)C1. The summed E-state index contributed by atoms with van der Waals surface area (Å²) in [5.41, 5.74) is 0. The van der Waals surface area contributed by atoms with Crippen molar-refractivity contribution in [2.24, 2.45) is 5.92 Å². The van der Waals surface area contributed by atoms with Crippen LogP contribution in [0.1, 0.15) is 39.0 Å². The van der Waals surface area contributed by atoms with Crippen LogP contribution < -0.4 is 0 Å². The number of rotatable bonds is 3. The lowest BCUT2D eigenvalue weighted by atomic mass is 9.97. The van der Waals surface area contributed by atoms with Gasteiger partial charge in [-0.3, -0.25) is 9.69 Å². The van der Waals surface area contributed by atoms with Crippen LogP contribution in [0.25, 0.3) is 0 Å². The molecule has 2 aliphatic heterocycles. The molecular weight excluding hydrogens is 224 g/mol. The van der Waals surface area contributed by atoms with E-state index in [1.54, 1.807) is 0 Å². The van der Waals surface area contributed by atoms with Gasteiger partial charge in [-0.25, -0.2) is 0 Å². The van der Waals surface area contributed by atoms with Crippen molar-refractivity contribution in [2.45, 2.75) is 39.0 Å². The van der Waals surface area contributed by atoms with Crippen molar-refractivity contribution in [3.8, 4) is 11.8 Å². The highest BCUT2D eigenvalue weighted by Crippen LogP contribution is 2.20. The second kappa shape index (κ2) is 6.80. The fourth-order valence-electron chi connectivity index (χ4n) is 2.95. The Morgan fingerprint density at radius 3 is 2.89 bits per heavy atom. The van der Waals surface area contributed by atoms with Crippen molar-refractivity contribution in [2.75, 3.05) is 32.7 Å². The second-order valence-corrected chi connectivity index (χ2v) is 5.39. The maximum absolute atomic E-state index is 11.6. The maximum atomic E-state index is 11.6. The van der Waals surface area contributed by atoms with Gasteiger partial charge >= 0.3 is 0 Å². The number of carbonyl (C=O) groups excluding carboxylic acids is 1. The number of carbonyl (C=O) groups is 1. The molecule has 1 unspecified atom stereocenters. The van der Waals surface area contributed by atoms with Crippen molar-refractivity contribution >= 4 is 5.91 Å². The quantitative estimate of drug-likeness (QED) is 0.710. The number of piperidine rings is 1. The summed E-state index contributed by atoms with van der Waals surface area (Å²) in [4.78, 5) is 16.1. The van der Waals surface area contributed by atoms with Gasteiger partial charge in [-0.1, -0.05) is 12.8 Å². The van der Waals surface area contributed by atoms with E-state index < -0.39 is 0 Å². The van der Waals surface area contributed by atoms with Gasteiger partial charge in [0.1, 0.15) is 0 Å². The minimum absolute atomic E-state index is 0.359. The van der Waals surface area contributed by atoms with Crippen molar-refractivity contribution in [3.63, 3.8) is 0 Å². The molecule has 0 radical (unpaired) electrons. The molecule has 1 amide bonds. The summed E-state index contributed by atoms with van der Waals surface area (Å²) >= 11 is 0. The van der Waals surface area contributed by atoms with Gasteiger partial charge in [-0.15, -0.1) is 5.92 Å². The van der Waals surface area contributed by atoms with Gasteiger partial charge in [-0.05, 0) is 31.7 Å². The highest BCUT2D eigenvalue weighted by molar-refractivity contribution is 5.78. The van der Waals surface area contributed by atoms with Crippen molar-refractivity contribution in [1.29, 1.82) is 0 Å². The molecule has 3 heteroatoms. The van der Waals surface area contributed by atoms with Gasteiger partial charge in [0.25, 0.3) is 0 Å². The minimum atomic E-state index is 0.359. The summed E-state index contributed by atoms with van der Waals surface area (Å²) < 4.78 is 0. The molecule has 0 N–H and O–H groups in total. The van der Waals surface area contributed by atoms with Crippen LogP contribution in [0.4, 0.5) is 0 Å². The Kier molecular flexibility index (Phi) is 5.07. The van der Waals surface area contributed by atoms with E-state index in [2.05, 4.69) is 28.6 Å². The molecule has 0 aliphatic carbocycles. The van der Waals surface area contributed by atoms with Crippen LogP contribution in [-0.2, 0) is 4.79 Å². The predicted molar refractivity (Wildman–Crippen MR) is 73.0 cm³/mol. The van der Waals surface area contributed by atoms with E-state index in [9.17, 15) is 4.79 Å². The first-order valence-electron chi connectivity index (χ1n) is 7.25. The molecule has 0 bridgehead atoms. The molecule has 100 valence electrons. The Balaban J connectivity index is 1.77. The lowest BCUT2D eigenvalue weighted by molar-refractivity contribution is -0.128. The number of hydrogen-bond donors (Lipinski definition) is 0. The number of amides is 1. The maximum Gasteiger partial charge on any atom is 0.222 e. The summed E-state index contributed by atoms with van der Waals surface area (Å²) in [6.07, 6.45) is 5.27. The minimum Gasteiger partial charge on any atom is -0.342 e. The van der Waals surface area contributed by atoms with Gasteiger partial charge < -0.3 is 4.90 Å². The average Bonchev–Trinajstić information content (AvgIpc) is 2.76. The zero-order chi connectivity index (χ0) is 12.8. The first kappa shape index (κ1) is 13.4. The molecule has 2 saturated heterocycles. The van der Waals surface area contributed by atoms with Gasteiger partial charge in [-0.2, -0.15) is 0 Å². The topological polar surface area (TPSA) is 23.6 Å². The van der Waals surface area contributed by atoms with Crippen LogP contribution in [0.3, 0.4) is 0 Å². The van der Waals surface area contributed by atoms with Gasteiger partial charge in [0.2, 0.25) is 5.91 Å². The van der Waals surface area contributed by atoms with E-state index in [0.717, 1.165) is 45.4 Å². The molecule has 0 spiro atoms. The van der Waals surface area contributed by atoms with E-state index in [1.165, 1.54) is 19.4 Å². The number of likely N-dealkylation sites (tertiary alicyclic amines) is 2. The summed E-state index contributed by atoms with van der Waals surface area (Å²) in [6, 6.07) is 0.